The third kappa shape index (κ3) is 9.04. The third-order valence-corrected chi connectivity index (χ3v) is 8.89. The summed E-state index contributed by atoms with van der Waals surface area (Å²) in [5.41, 5.74) is 15.2. The molecule has 4 aliphatic carbocycles. The largest absolute Gasteiger partial charge is 0.305 e. The summed E-state index contributed by atoms with van der Waals surface area (Å²) in [5.74, 6) is 1.26. The molecule has 0 unspecified atom stereocenters. The molecular weight excluding hydrogens is 761 g/mol. The fraction of sp³-hybridized carbons (Fsp3) is 0.244. The maximum Gasteiger partial charge on any atom is 0.0239 e. The summed E-state index contributed by atoms with van der Waals surface area (Å²) in [7, 11) is 0. The second-order valence-corrected chi connectivity index (χ2v) is 13.3. The molecule has 4 bridgehead atoms. The molecule has 0 amide bonds. The van der Waals surface area contributed by atoms with E-state index in [4.69, 9.17) is 4.98 Å². The first kappa shape index (κ1) is 35.1. The first-order chi connectivity index (χ1) is 22.9. The first-order valence-electron chi connectivity index (χ1n) is 17.0. The summed E-state index contributed by atoms with van der Waals surface area (Å²) in [6.07, 6.45) is 9.21. The Labute approximate surface area is 301 Å². The van der Waals surface area contributed by atoms with Crippen LogP contribution in [0.1, 0.15) is 67.0 Å². The zero-order valence-corrected chi connectivity index (χ0v) is 30.9. The Hall–Kier alpha value is -4.17. The normalized spacial score (nSPS) is 12.1. The molecule has 2 aromatic heterocycles. The van der Waals surface area contributed by atoms with Crippen LogP contribution in [-0.4, -0.2) is 9.97 Å². The average Bonchev–Trinajstić information content (AvgIpc) is 3.10. The van der Waals surface area contributed by atoms with Gasteiger partial charge in [-0.15, -0.1) is 71.3 Å². The van der Waals surface area contributed by atoms with Gasteiger partial charge in [0, 0.05) is 32.5 Å². The van der Waals surface area contributed by atoms with Crippen LogP contribution in [0.3, 0.4) is 0 Å². The van der Waals surface area contributed by atoms with Crippen LogP contribution < -0.4 is 0 Å². The Bertz CT molecular complexity index is 1880. The number of rotatable bonds is 6. The Kier molecular flexibility index (Phi) is 12.3. The van der Waals surface area contributed by atoms with Crippen LogP contribution in [0, 0.1) is 18.1 Å². The SMILES string of the molecule is CC(C)Cc1c[c-]c(-c2ccccn2)cc1.CC(C)c1cc2ccc1CCc1ccc(c(-c3ccc(-c4[c-]cccc4)nc3)c1)CC2.[Ir]. The molecule has 0 saturated carbocycles. The van der Waals surface area contributed by atoms with Crippen molar-refractivity contribution in [3.63, 3.8) is 0 Å². The van der Waals surface area contributed by atoms with Crippen LogP contribution in [0.5, 0.6) is 0 Å². The monoisotopic (exact) mass is 805 g/mol. The molecule has 0 saturated heterocycles. The first-order valence-corrected chi connectivity index (χ1v) is 17.0. The number of aromatic nitrogens is 2. The molecular formula is C45H44IrN2-2. The van der Waals surface area contributed by atoms with Crippen LogP contribution in [0.25, 0.3) is 33.6 Å². The van der Waals surface area contributed by atoms with E-state index < -0.39 is 0 Å². The van der Waals surface area contributed by atoms with E-state index in [0.717, 1.165) is 54.6 Å². The third-order valence-electron chi connectivity index (χ3n) is 8.89. The van der Waals surface area contributed by atoms with Gasteiger partial charge >= 0.3 is 0 Å². The topological polar surface area (TPSA) is 25.8 Å². The molecule has 0 spiro atoms. The fourth-order valence-electron chi connectivity index (χ4n) is 6.39. The van der Waals surface area contributed by atoms with Crippen molar-refractivity contribution >= 4 is 0 Å². The molecule has 0 aliphatic heterocycles. The van der Waals surface area contributed by atoms with Crippen LogP contribution in [0.4, 0.5) is 0 Å². The van der Waals surface area contributed by atoms with Crippen LogP contribution in [0.2, 0.25) is 0 Å². The predicted molar refractivity (Wildman–Crippen MR) is 196 cm³/mol. The van der Waals surface area contributed by atoms with Gasteiger partial charge in [0.1, 0.15) is 0 Å². The minimum atomic E-state index is 0. The number of nitrogens with zero attached hydrogens (tertiary/aromatic N) is 2. The minimum absolute atomic E-state index is 0. The number of hydrogen-bond acceptors (Lipinski definition) is 2. The molecule has 48 heavy (non-hydrogen) atoms. The van der Waals surface area contributed by atoms with Crippen LogP contribution >= 0.6 is 0 Å². The second kappa shape index (κ2) is 16.8. The standard InChI is InChI=1S/C30H28N.C15H16N.Ir/c1-21(2)28-18-22-8-12-24(28)13-9-23-11-15-25(14-10-22)29(19-23)27-16-17-30(31-20-27)26-6-4-3-5-7-26;1-12(2)11-13-6-8-14(9-7-13)15-5-3-4-10-16-15;/h3-6,8,11-12,15-21H,9-10,13-14H2,1-2H3;3-8,10,12H,11H2,1-2H3;/q2*-1;. The van der Waals surface area contributed by atoms with Crippen LogP contribution in [0.15, 0.2) is 122 Å². The summed E-state index contributed by atoms with van der Waals surface area (Å²) < 4.78 is 0. The van der Waals surface area contributed by atoms with E-state index in [9.17, 15) is 0 Å². The summed E-state index contributed by atoms with van der Waals surface area (Å²) in [6.45, 7) is 9.08. The number of pyridine rings is 2. The van der Waals surface area contributed by atoms with Gasteiger partial charge in [0.15, 0.2) is 0 Å². The smallest absolute Gasteiger partial charge is 0.0239 e. The van der Waals surface area contributed by atoms with Crippen molar-refractivity contribution in [1.29, 1.82) is 0 Å². The molecule has 1 radical (unpaired) electrons. The molecule has 0 fully saturated rings. The Morgan fingerprint density at radius 2 is 1.38 bits per heavy atom. The molecule has 3 heteroatoms. The van der Waals surface area contributed by atoms with Gasteiger partial charge < -0.3 is 9.97 Å². The van der Waals surface area contributed by atoms with Gasteiger partial charge in [-0.1, -0.05) is 101 Å². The number of hydrogen-bond donors (Lipinski definition) is 0. The van der Waals surface area contributed by atoms with Crippen molar-refractivity contribution < 1.29 is 20.1 Å². The summed E-state index contributed by atoms with van der Waals surface area (Å²) in [4.78, 5) is 9.06. The van der Waals surface area contributed by atoms with Crippen molar-refractivity contribution in [3.05, 3.63) is 167 Å². The van der Waals surface area contributed by atoms with Crippen molar-refractivity contribution in [2.24, 2.45) is 5.92 Å². The summed E-state index contributed by atoms with van der Waals surface area (Å²) >= 11 is 0. The fourth-order valence-corrected chi connectivity index (χ4v) is 6.39. The molecule has 4 aromatic carbocycles. The minimum Gasteiger partial charge on any atom is -0.305 e. The van der Waals surface area contributed by atoms with Crippen molar-refractivity contribution in [1.82, 2.24) is 9.97 Å². The van der Waals surface area contributed by atoms with Crippen molar-refractivity contribution in [2.75, 3.05) is 0 Å². The van der Waals surface area contributed by atoms with E-state index >= 15 is 0 Å². The number of aryl methyl sites for hydroxylation is 4. The second-order valence-electron chi connectivity index (χ2n) is 13.3. The molecule has 4 aliphatic rings. The zero-order chi connectivity index (χ0) is 32.6. The van der Waals surface area contributed by atoms with Crippen molar-refractivity contribution in [3.8, 4) is 33.6 Å². The number of benzene rings is 4. The Morgan fingerprint density at radius 1 is 0.646 bits per heavy atom. The average molecular weight is 805 g/mol. The van der Waals surface area contributed by atoms with Gasteiger partial charge in [0.05, 0.1) is 0 Å². The molecule has 0 atom stereocenters. The van der Waals surface area contributed by atoms with E-state index in [0.29, 0.717) is 11.8 Å². The van der Waals surface area contributed by atoms with E-state index in [2.05, 4.69) is 118 Å². The van der Waals surface area contributed by atoms with E-state index in [-0.39, 0.29) is 20.1 Å². The Balaban J connectivity index is 0.000000224. The van der Waals surface area contributed by atoms with Gasteiger partial charge in [0.25, 0.3) is 0 Å². The molecule has 2 nitrogen and oxygen atoms in total. The summed E-state index contributed by atoms with van der Waals surface area (Å²) in [5, 5.41) is 0. The van der Waals surface area contributed by atoms with Crippen molar-refractivity contribution in [2.45, 2.75) is 65.7 Å². The maximum atomic E-state index is 4.76. The maximum absolute atomic E-state index is 4.76. The predicted octanol–water partition coefficient (Wildman–Crippen LogP) is 11.0. The van der Waals surface area contributed by atoms with Gasteiger partial charge in [-0.2, -0.15) is 0 Å². The van der Waals surface area contributed by atoms with Crippen LogP contribution in [-0.2, 0) is 52.2 Å². The van der Waals surface area contributed by atoms with Gasteiger partial charge in [0.2, 0.25) is 0 Å². The quantitative estimate of drug-likeness (QED) is 0.157. The Morgan fingerprint density at radius 3 is 2.02 bits per heavy atom. The van der Waals surface area contributed by atoms with E-state index in [1.807, 2.05) is 48.8 Å². The van der Waals surface area contributed by atoms with Gasteiger partial charge in [-0.3, -0.25) is 0 Å². The molecule has 0 N–H and O–H groups in total. The zero-order valence-electron chi connectivity index (χ0n) is 28.5. The molecule has 2 heterocycles. The summed E-state index contributed by atoms with van der Waals surface area (Å²) in [6, 6.07) is 45.4. The molecule has 10 rings (SSSR count). The molecule has 6 aromatic rings. The van der Waals surface area contributed by atoms with E-state index in [1.165, 1.54) is 44.5 Å². The molecule has 245 valence electrons. The van der Waals surface area contributed by atoms with Gasteiger partial charge in [-0.05, 0) is 88.0 Å². The van der Waals surface area contributed by atoms with Gasteiger partial charge in [-0.25, -0.2) is 0 Å². The van der Waals surface area contributed by atoms with E-state index in [1.54, 1.807) is 0 Å².